The van der Waals surface area contributed by atoms with Gasteiger partial charge in [-0.15, -0.1) is 0 Å². The molecule has 4 rings (SSSR count). The molecule has 5 nitrogen and oxygen atoms in total. The number of hydrogen-bond donors (Lipinski definition) is 1. The maximum atomic E-state index is 12.1. The summed E-state index contributed by atoms with van der Waals surface area (Å²) in [4.78, 5) is 16.9. The molecule has 2 aromatic heterocycles. The van der Waals surface area contributed by atoms with Crippen molar-refractivity contribution in [3.8, 4) is 0 Å². The first-order valence-electron chi connectivity index (χ1n) is 10.3. The molecule has 30 heavy (non-hydrogen) atoms. The summed E-state index contributed by atoms with van der Waals surface area (Å²) in [5.41, 5.74) is 4.76. The molecule has 1 amide bonds. The van der Waals surface area contributed by atoms with Crippen molar-refractivity contribution >= 4 is 16.9 Å². The van der Waals surface area contributed by atoms with Crippen LogP contribution in [0.5, 0.6) is 0 Å². The first-order chi connectivity index (χ1) is 14.4. The van der Waals surface area contributed by atoms with Crippen LogP contribution in [0.15, 0.2) is 71.3 Å². The van der Waals surface area contributed by atoms with E-state index in [4.69, 9.17) is 9.40 Å². The third-order valence-electron chi connectivity index (χ3n) is 5.27. The Balaban J connectivity index is 1.53. The van der Waals surface area contributed by atoms with Crippen LogP contribution >= 0.6 is 0 Å². The maximum absolute atomic E-state index is 12.1. The minimum absolute atomic E-state index is 0.136. The number of amides is 1. The van der Waals surface area contributed by atoms with Crippen LogP contribution in [-0.4, -0.2) is 22.0 Å². The fourth-order valence-corrected chi connectivity index (χ4v) is 3.57. The lowest BCUT2D eigenvalue weighted by atomic mass is 9.87. The van der Waals surface area contributed by atoms with Gasteiger partial charge in [0, 0.05) is 19.5 Å². The summed E-state index contributed by atoms with van der Waals surface area (Å²) in [5.74, 6) is 1.07. The van der Waals surface area contributed by atoms with Crippen LogP contribution in [0.25, 0.3) is 11.0 Å². The number of para-hydroxylation sites is 2. The molecule has 2 heterocycles. The summed E-state index contributed by atoms with van der Waals surface area (Å²) in [6.45, 7) is 7.90. The zero-order chi connectivity index (χ0) is 21.1. The summed E-state index contributed by atoms with van der Waals surface area (Å²) in [6, 6.07) is 20.3. The van der Waals surface area contributed by atoms with Crippen LogP contribution < -0.4 is 5.32 Å². The van der Waals surface area contributed by atoms with E-state index in [-0.39, 0.29) is 11.3 Å². The first-order valence-corrected chi connectivity index (χ1v) is 10.3. The minimum Gasteiger partial charge on any atom is -0.459 e. The molecule has 0 aliphatic rings. The Morgan fingerprint density at radius 1 is 1.03 bits per heavy atom. The normalized spacial score (nSPS) is 11.7. The van der Waals surface area contributed by atoms with Crippen molar-refractivity contribution in [2.24, 2.45) is 0 Å². The SMILES string of the molecule is CC(C)(C)c1ccc(Cn2c(CCNC(=O)c3ccco3)nc3ccccc32)cc1. The van der Waals surface area contributed by atoms with Crippen molar-refractivity contribution in [1.29, 1.82) is 0 Å². The van der Waals surface area contributed by atoms with Crippen molar-refractivity contribution in [2.45, 2.75) is 39.2 Å². The van der Waals surface area contributed by atoms with Gasteiger partial charge >= 0.3 is 0 Å². The van der Waals surface area contributed by atoms with Gasteiger partial charge in [0.1, 0.15) is 5.82 Å². The summed E-state index contributed by atoms with van der Waals surface area (Å²) in [6.07, 6.45) is 2.14. The van der Waals surface area contributed by atoms with Crippen molar-refractivity contribution in [2.75, 3.05) is 6.54 Å². The minimum atomic E-state index is -0.208. The number of carbonyl (C=O) groups excluding carboxylic acids is 1. The van der Waals surface area contributed by atoms with E-state index in [2.05, 4.69) is 61.0 Å². The lowest BCUT2D eigenvalue weighted by Gasteiger charge is -2.19. The lowest BCUT2D eigenvalue weighted by molar-refractivity contribution is 0.0926. The van der Waals surface area contributed by atoms with Gasteiger partial charge in [-0.25, -0.2) is 4.98 Å². The summed E-state index contributed by atoms with van der Waals surface area (Å²) in [5, 5.41) is 2.91. The third kappa shape index (κ3) is 4.30. The van der Waals surface area contributed by atoms with Gasteiger partial charge in [-0.1, -0.05) is 57.2 Å². The fraction of sp³-hybridized carbons (Fsp3) is 0.280. The number of imidazole rings is 1. The molecule has 0 radical (unpaired) electrons. The largest absolute Gasteiger partial charge is 0.459 e. The van der Waals surface area contributed by atoms with E-state index in [1.54, 1.807) is 12.1 Å². The number of nitrogens with zero attached hydrogens (tertiary/aromatic N) is 2. The van der Waals surface area contributed by atoms with Crippen molar-refractivity contribution < 1.29 is 9.21 Å². The molecule has 0 atom stereocenters. The standard InChI is InChI=1S/C25H27N3O2/c1-25(2,3)19-12-10-18(11-13-19)17-28-21-8-5-4-7-20(21)27-23(28)14-15-26-24(29)22-9-6-16-30-22/h4-13,16H,14-15,17H2,1-3H3,(H,26,29). The second-order valence-corrected chi connectivity index (χ2v) is 8.53. The first kappa shape index (κ1) is 20.0. The quantitative estimate of drug-likeness (QED) is 0.497. The van der Waals surface area contributed by atoms with Gasteiger partial charge in [0.25, 0.3) is 5.91 Å². The molecule has 5 heteroatoms. The smallest absolute Gasteiger partial charge is 0.286 e. The maximum Gasteiger partial charge on any atom is 0.286 e. The average Bonchev–Trinajstić information content (AvgIpc) is 3.37. The van der Waals surface area contributed by atoms with Gasteiger partial charge < -0.3 is 14.3 Å². The summed E-state index contributed by atoms with van der Waals surface area (Å²) < 4.78 is 7.39. The van der Waals surface area contributed by atoms with Gasteiger partial charge in [0.15, 0.2) is 5.76 Å². The molecule has 0 fully saturated rings. The van der Waals surface area contributed by atoms with E-state index >= 15 is 0 Å². The molecule has 154 valence electrons. The molecule has 0 saturated carbocycles. The van der Waals surface area contributed by atoms with Crippen molar-refractivity contribution in [3.63, 3.8) is 0 Å². The van der Waals surface area contributed by atoms with Crippen molar-refractivity contribution in [1.82, 2.24) is 14.9 Å². The van der Waals surface area contributed by atoms with Crippen LogP contribution in [0.4, 0.5) is 0 Å². The molecule has 0 spiro atoms. The highest BCUT2D eigenvalue weighted by molar-refractivity contribution is 5.91. The topological polar surface area (TPSA) is 60.1 Å². The van der Waals surface area contributed by atoms with Crippen molar-refractivity contribution in [3.05, 3.63) is 89.6 Å². The highest BCUT2D eigenvalue weighted by atomic mass is 16.3. The number of carbonyl (C=O) groups is 1. The summed E-state index contributed by atoms with van der Waals surface area (Å²) >= 11 is 0. The van der Waals surface area contributed by atoms with E-state index in [0.717, 1.165) is 23.4 Å². The number of furan rings is 1. The number of benzene rings is 2. The van der Waals surface area contributed by atoms with E-state index < -0.39 is 0 Å². The second-order valence-electron chi connectivity index (χ2n) is 8.53. The molecular weight excluding hydrogens is 374 g/mol. The molecule has 0 bridgehead atoms. The van der Waals surface area contributed by atoms with Gasteiger partial charge in [0.2, 0.25) is 0 Å². The fourth-order valence-electron chi connectivity index (χ4n) is 3.57. The Morgan fingerprint density at radius 2 is 1.80 bits per heavy atom. The zero-order valence-corrected chi connectivity index (χ0v) is 17.7. The van der Waals surface area contributed by atoms with E-state index in [1.165, 1.54) is 17.4 Å². The predicted octanol–water partition coefficient (Wildman–Crippen LogP) is 4.95. The number of fused-ring (bicyclic) bond motifs is 1. The van der Waals surface area contributed by atoms with Gasteiger partial charge in [-0.05, 0) is 40.8 Å². The molecule has 0 saturated heterocycles. The Kier molecular flexibility index (Phi) is 5.44. The second kappa shape index (κ2) is 8.19. The zero-order valence-electron chi connectivity index (χ0n) is 17.7. The highest BCUT2D eigenvalue weighted by Crippen LogP contribution is 2.23. The van der Waals surface area contributed by atoms with Crippen LogP contribution in [-0.2, 0) is 18.4 Å². The van der Waals surface area contributed by atoms with Gasteiger partial charge in [-0.3, -0.25) is 4.79 Å². The number of nitrogens with one attached hydrogen (secondary N) is 1. The number of hydrogen-bond acceptors (Lipinski definition) is 3. The molecule has 0 unspecified atom stereocenters. The molecule has 1 N–H and O–H groups in total. The van der Waals surface area contributed by atoms with Crippen LogP contribution in [0, 0.1) is 0 Å². The Morgan fingerprint density at radius 3 is 2.50 bits per heavy atom. The van der Waals surface area contributed by atoms with Gasteiger partial charge in [-0.2, -0.15) is 0 Å². The predicted molar refractivity (Wildman–Crippen MR) is 119 cm³/mol. The molecular formula is C25H27N3O2. The summed E-state index contributed by atoms with van der Waals surface area (Å²) in [7, 11) is 0. The Bertz CT molecular complexity index is 1130. The third-order valence-corrected chi connectivity index (χ3v) is 5.27. The molecule has 0 aliphatic heterocycles. The Labute approximate surface area is 176 Å². The molecule has 4 aromatic rings. The van der Waals surface area contributed by atoms with Gasteiger partial charge in [0.05, 0.1) is 17.3 Å². The molecule has 0 aliphatic carbocycles. The van der Waals surface area contributed by atoms with E-state index in [9.17, 15) is 4.79 Å². The van der Waals surface area contributed by atoms with E-state index in [1.807, 2.05) is 18.2 Å². The van der Waals surface area contributed by atoms with Crippen LogP contribution in [0.3, 0.4) is 0 Å². The number of aromatic nitrogens is 2. The van der Waals surface area contributed by atoms with Crippen LogP contribution in [0.1, 0.15) is 48.3 Å². The highest BCUT2D eigenvalue weighted by Gasteiger charge is 2.15. The average molecular weight is 402 g/mol. The number of rotatable bonds is 6. The molecule has 2 aromatic carbocycles. The van der Waals surface area contributed by atoms with Crippen LogP contribution in [0.2, 0.25) is 0 Å². The Hall–Kier alpha value is -3.34. The lowest BCUT2D eigenvalue weighted by Crippen LogP contribution is -2.26. The van der Waals surface area contributed by atoms with E-state index in [0.29, 0.717) is 18.7 Å². The monoisotopic (exact) mass is 401 g/mol.